The van der Waals surface area contributed by atoms with Gasteiger partial charge in [-0.2, -0.15) is 5.26 Å². The summed E-state index contributed by atoms with van der Waals surface area (Å²) < 4.78 is 4.95. The highest BCUT2D eigenvalue weighted by molar-refractivity contribution is 5.92. The summed E-state index contributed by atoms with van der Waals surface area (Å²) in [6.07, 6.45) is 1.78. The molecule has 2 N–H and O–H groups in total. The van der Waals surface area contributed by atoms with Gasteiger partial charge in [-0.1, -0.05) is 0 Å². The molecule has 2 rings (SSSR count). The first-order valence-corrected chi connectivity index (χ1v) is 8.52. The van der Waals surface area contributed by atoms with E-state index in [4.69, 9.17) is 10.00 Å². The van der Waals surface area contributed by atoms with Crippen LogP contribution >= 0.6 is 0 Å². The molecule has 1 aliphatic rings. The van der Waals surface area contributed by atoms with Crippen LogP contribution in [0.2, 0.25) is 0 Å². The van der Waals surface area contributed by atoms with Crippen LogP contribution in [0.4, 0.5) is 5.69 Å². The molecule has 0 unspecified atom stereocenters. The Morgan fingerprint density at radius 3 is 2.56 bits per heavy atom. The molecule has 1 saturated heterocycles. The number of benzene rings is 1. The van der Waals surface area contributed by atoms with Gasteiger partial charge in [0.1, 0.15) is 0 Å². The number of hydrogen-bond acceptors (Lipinski definition) is 6. The molecule has 0 aromatic heterocycles. The van der Waals surface area contributed by atoms with E-state index in [1.165, 1.54) is 0 Å². The van der Waals surface area contributed by atoms with Crippen molar-refractivity contribution in [3.8, 4) is 6.07 Å². The minimum atomic E-state index is -0.185. The van der Waals surface area contributed by atoms with Crippen molar-refractivity contribution in [3.63, 3.8) is 0 Å². The van der Waals surface area contributed by atoms with Crippen LogP contribution in [0.3, 0.4) is 0 Å². The summed E-state index contributed by atoms with van der Waals surface area (Å²) in [4.78, 5) is 25.5. The minimum absolute atomic E-state index is 0.112. The number of ether oxygens (including phenoxy) is 1. The number of rotatable bonds is 7. The number of hydrogen-bond donors (Lipinski definition) is 2. The fourth-order valence-corrected chi connectivity index (χ4v) is 2.75. The second-order valence-corrected chi connectivity index (χ2v) is 5.97. The molecular weight excluding hydrogens is 320 g/mol. The summed E-state index contributed by atoms with van der Waals surface area (Å²) in [6, 6.07) is 9.07. The van der Waals surface area contributed by atoms with E-state index in [0.717, 1.165) is 25.9 Å². The van der Waals surface area contributed by atoms with Gasteiger partial charge >= 0.3 is 5.97 Å². The van der Waals surface area contributed by atoms with Crippen LogP contribution in [-0.4, -0.2) is 55.6 Å². The van der Waals surface area contributed by atoms with E-state index in [1.807, 2.05) is 6.07 Å². The number of amides is 1. The smallest absolute Gasteiger partial charge is 0.320 e. The Kier molecular flexibility index (Phi) is 7.38. The number of anilines is 1. The number of piperidine rings is 1. The van der Waals surface area contributed by atoms with Crippen molar-refractivity contribution < 1.29 is 14.3 Å². The highest BCUT2D eigenvalue weighted by Gasteiger charge is 2.21. The third-order valence-electron chi connectivity index (χ3n) is 4.09. The second-order valence-electron chi connectivity index (χ2n) is 5.97. The summed E-state index contributed by atoms with van der Waals surface area (Å²) in [5.41, 5.74) is 1.24. The molecule has 0 atom stereocenters. The lowest BCUT2D eigenvalue weighted by atomic mass is 10.1. The fraction of sp³-hybridized carbons (Fsp3) is 0.500. The first kappa shape index (κ1) is 18.9. The number of esters is 1. The van der Waals surface area contributed by atoms with Gasteiger partial charge in [0.05, 0.1) is 31.3 Å². The van der Waals surface area contributed by atoms with Gasteiger partial charge in [-0.05, 0) is 44.0 Å². The molecule has 1 aromatic carbocycles. The average molecular weight is 344 g/mol. The number of nitriles is 1. The normalized spacial score (nSPS) is 15.4. The molecule has 0 bridgehead atoms. The quantitative estimate of drug-likeness (QED) is 0.720. The van der Waals surface area contributed by atoms with Gasteiger partial charge in [-0.15, -0.1) is 0 Å². The Labute approximate surface area is 147 Å². The molecule has 0 spiro atoms. The number of nitrogens with zero attached hydrogens (tertiary/aromatic N) is 2. The highest BCUT2D eigenvalue weighted by atomic mass is 16.5. The number of likely N-dealkylation sites (tertiary alicyclic amines) is 1. The van der Waals surface area contributed by atoms with E-state index < -0.39 is 0 Å². The monoisotopic (exact) mass is 344 g/mol. The van der Waals surface area contributed by atoms with Crippen LogP contribution < -0.4 is 10.6 Å². The average Bonchev–Trinajstić information content (AvgIpc) is 2.62. The molecule has 1 aliphatic heterocycles. The maximum atomic E-state index is 12.0. The predicted molar refractivity (Wildman–Crippen MR) is 93.9 cm³/mol. The Morgan fingerprint density at radius 1 is 1.28 bits per heavy atom. The molecule has 7 nitrogen and oxygen atoms in total. The first-order valence-electron chi connectivity index (χ1n) is 8.52. The molecule has 1 heterocycles. The molecule has 134 valence electrons. The lowest BCUT2D eigenvalue weighted by Crippen LogP contribution is -2.46. The van der Waals surface area contributed by atoms with Crippen LogP contribution in [0.5, 0.6) is 0 Å². The Morgan fingerprint density at radius 2 is 1.96 bits per heavy atom. The van der Waals surface area contributed by atoms with Crippen molar-refractivity contribution in [2.24, 2.45) is 0 Å². The third kappa shape index (κ3) is 6.53. The van der Waals surface area contributed by atoms with E-state index in [0.29, 0.717) is 24.4 Å². The molecule has 1 amide bonds. The molecule has 25 heavy (non-hydrogen) atoms. The van der Waals surface area contributed by atoms with Gasteiger partial charge in [-0.3, -0.25) is 14.5 Å². The van der Waals surface area contributed by atoms with Gasteiger partial charge in [0, 0.05) is 24.8 Å². The standard InChI is InChI=1S/C18H24N4O3/c1-2-25-18(24)13-22-9-7-15(8-10-22)20-12-17(23)21-16-5-3-14(11-19)4-6-16/h3-6,15,20H,2,7-10,12-13H2,1H3,(H,21,23). The molecule has 7 heteroatoms. The Balaban J connectivity index is 1.65. The van der Waals surface area contributed by atoms with Crippen LogP contribution in [-0.2, 0) is 14.3 Å². The summed E-state index contributed by atoms with van der Waals surface area (Å²) in [6.45, 7) is 4.41. The van der Waals surface area contributed by atoms with Crippen LogP contribution in [0, 0.1) is 11.3 Å². The largest absolute Gasteiger partial charge is 0.465 e. The highest BCUT2D eigenvalue weighted by Crippen LogP contribution is 2.11. The SMILES string of the molecule is CCOC(=O)CN1CCC(NCC(=O)Nc2ccc(C#N)cc2)CC1. The van der Waals surface area contributed by atoms with Crippen molar-refractivity contribution in [1.82, 2.24) is 10.2 Å². The summed E-state index contributed by atoms with van der Waals surface area (Å²) >= 11 is 0. The lowest BCUT2D eigenvalue weighted by Gasteiger charge is -2.31. The molecule has 1 fully saturated rings. The minimum Gasteiger partial charge on any atom is -0.465 e. The van der Waals surface area contributed by atoms with Gasteiger partial charge in [0.2, 0.25) is 5.91 Å². The molecule has 0 saturated carbocycles. The zero-order valence-corrected chi connectivity index (χ0v) is 14.5. The lowest BCUT2D eigenvalue weighted by molar-refractivity contribution is -0.144. The van der Waals surface area contributed by atoms with Crippen LogP contribution in [0.15, 0.2) is 24.3 Å². The van der Waals surface area contributed by atoms with Gasteiger partial charge in [0.25, 0.3) is 0 Å². The predicted octanol–water partition coefficient (Wildman–Crippen LogP) is 1.11. The van der Waals surface area contributed by atoms with Crippen molar-refractivity contribution in [2.75, 3.05) is 38.1 Å². The van der Waals surface area contributed by atoms with E-state index in [9.17, 15) is 9.59 Å². The topological polar surface area (TPSA) is 94.5 Å². The van der Waals surface area contributed by atoms with E-state index >= 15 is 0 Å². The Bertz CT molecular complexity index is 616. The number of carbonyl (C=O) groups excluding carboxylic acids is 2. The molecule has 0 radical (unpaired) electrons. The summed E-state index contributed by atoms with van der Waals surface area (Å²) in [5, 5.41) is 14.8. The van der Waals surface area contributed by atoms with Crippen molar-refractivity contribution in [3.05, 3.63) is 29.8 Å². The van der Waals surface area contributed by atoms with Crippen LogP contribution in [0.25, 0.3) is 0 Å². The zero-order chi connectivity index (χ0) is 18.1. The summed E-state index contributed by atoms with van der Waals surface area (Å²) in [7, 11) is 0. The molecule has 0 aliphatic carbocycles. The third-order valence-corrected chi connectivity index (χ3v) is 4.09. The summed E-state index contributed by atoms with van der Waals surface area (Å²) in [5.74, 6) is -0.297. The first-order chi connectivity index (χ1) is 12.1. The van der Waals surface area contributed by atoms with E-state index in [-0.39, 0.29) is 24.5 Å². The molecular formula is C18H24N4O3. The van der Waals surface area contributed by atoms with Crippen LogP contribution in [0.1, 0.15) is 25.3 Å². The number of nitrogens with one attached hydrogen (secondary N) is 2. The molecule has 1 aromatic rings. The Hall–Kier alpha value is -2.43. The van der Waals surface area contributed by atoms with Gasteiger partial charge in [0.15, 0.2) is 0 Å². The van der Waals surface area contributed by atoms with Crippen molar-refractivity contribution in [2.45, 2.75) is 25.8 Å². The van der Waals surface area contributed by atoms with Crippen molar-refractivity contribution in [1.29, 1.82) is 5.26 Å². The maximum absolute atomic E-state index is 12.0. The van der Waals surface area contributed by atoms with Gasteiger partial charge < -0.3 is 15.4 Å². The second kappa shape index (κ2) is 9.77. The zero-order valence-electron chi connectivity index (χ0n) is 14.5. The van der Waals surface area contributed by atoms with Gasteiger partial charge in [-0.25, -0.2) is 0 Å². The fourth-order valence-electron chi connectivity index (χ4n) is 2.75. The van der Waals surface area contributed by atoms with E-state index in [2.05, 4.69) is 15.5 Å². The van der Waals surface area contributed by atoms with Crippen molar-refractivity contribution >= 4 is 17.6 Å². The number of carbonyl (C=O) groups is 2. The van der Waals surface area contributed by atoms with E-state index in [1.54, 1.807) is 31.2 Å². The maximum Gasteiger partial charge on any atom is 0.320 e.